The minimum atomic E-state index is -0.470. The highest BCUT2D eigenvalue weighted by molar-refractivity contribution is 9.09. The molecule has 0 aliphatic carbocycles. The summed E-state index contributed by atoms with van der Waals surface area (Å²) in [6.07, 6.45) is 2.18. The molecule has 8 heteroatoms. The Labute approximate surface area is 116 Å². The van der Waals surface area contributed by atoms with E-state index in [1.165, 1.54) is 4.57 Å². The third kappa shape index (κ3) is 1.97. The fourth-order valence-corrected chi connectivity index (χ4v) is 3.02. The lowest BCUT2D eigenvalue weighted by molar-refractivity contribution is 0.769. The highest BCUT2D eigenvalue weighted by Crippen LogP contribution is 2.35. The summed E-state index contributed by atoms with van der Waals surface area (Å²) >= 11 is 9.60. The molecule has 0 saturated carbocycles. The summed E-state index contributed by atoms with van der Waals surface area (Å²) in [6.45, 7) is 3.62. The largest absolute Gasteiger partial charge is 0.340 e. The number of rotatable bonds is 3. The van der Waals surface area contributed by atoms with Gasteiger partial charge >= 0.3 is 5.69 Å². The molecule has 2 atom stereocenters. The standard InChI is InChI=1S/C10H12BrClN4O2/c1-3-4-5(12)16-6-7(13-9(16)11)15(2)10(18)14-8(6)17/h3,5,9,13H,1,4H2,2H3,(H,14,17,18). The van der Waals surface area contributed by atoms with Crippen molar-refractivity contribution >= 4 is 39.0 Å². The maximum Gasteiger partial charge on any atom is 0.329 e. The van der Waals surface area contributed by atoms with Crippen LogP contribution in [-0.2, 0) is 7.05 Å². The Hall–Kier alpha value is -1.21. The third-order valence-electron chi connectivity index (χ3n) is 2.72. The predicted octanol–water partition coefficient (Wildman–Crippen LogP) is 1.12. The molecule has 0 fully saturated rings. The number of hydrogen-bond donors (Lipinski definition) is 2. The van der Waals surface area contributed by atoms with Gasteiger partial charge in [0.15, 0.2) is 5.08 Å². The average Bonchev–Trinajstić information content (AvgIpc) is 2.64. The number of nitrogens with zero attached hydrogens (tertiary/aromatic N) is 2. The van der Waals surface area contributed by atoms with Crippen LogP contribution < -0.4 is 21.5 Å². The van der Waals surface area contributed by atoms with E-state index in [9.17, 15) is 9.59 Å². The number of H-pyrrole nitrogens is 1. The maximum absolute atomic E-state index is 11.9. The van der Waals surface area contributed by atoms with Crippen LogP contribution in [0.4, 0.5) is 11.5 Å². The van der Waals surface area contributed by atoms with Crippen molar-refractivity contribution in [1.82, 2.24) is 9.55 Å². The first-order chi connectivity index (χ1) is 8.47. The van der Waals surface area contributed by atoms with Gasteiger partial charge in [-0.3, -0.25) is 14.3 Å². The summed E-state index contributed by atoms with van der Waals surface area (Å²) < 4.78 is 1.34. The topological polar surface area (TPSA) is 70.1 Å². The van der Waals surface area contributed by atoms with Crippen LogP contribution in [0.25, 0.3) is 0 Å². The van der Waals surface area contributed by atoms with Crippen molar-refractivity contribution in [2.24, 2.45) is 7.05 Å². The smallest absolute Gasteiger partial charge is 0.329 e. The van der Waals surface area contributed by atoms with Crippen LogP contribution in [0.5, 0.6) is 0 Å². The first-order valence-corrected chi connectivity index (χ1v) is 6.59. The van der Waals surface area contributed by atoms with Crippen molar-refractivity contribution in [3.8, 4) is 0 Å². The van der Waals surface area contributed by atoms with Crippen molar-refractivity contribution in [2.75, 3.05) is 10.2 Å². The number of anilines is 2. The number of nitrogens with one attached hydrogen (secondary N) is 2. The normalized spacial score (nSPS) is 19.3. The first-order valence-electron chi connectivity index (χ1n) is 5.24. The average molecular weight is 336 g/mol. The number of aromatic amines is 1. The lowest BCUT2D eigenvalue weighted by atomic mass is 10.3. The van der Waals surface area contributed by atoms with E-state index in [1.54, 1.807) is 18.0 Å². The summed E-state index contributed by atoms with van der Waals surface area (Å²) in [7, 11) is 1.57. The number of fused-ring (bicyclic) bond motifs is 1. The SMILES string of the molecule is C=CCC(Cl)N1c2c(n(C)c(=O)[nH]c2=O)NC1Br. The van der Waals surface area contributed by atoms with Gasteiger partial charge in [0.1, 0.15) is 17.0 Å². The molecule has 2 heterocycles. The second-order valence-electron chi connectivity index (χ2n) is 3.86. The van der Waals surface area contributed by atoms with Crippen molar-refractivity contribution in [3.63, 3.8) is 0 Å². The molecule has 98 valence electrons. The molecule has 2 unspecified atom stereocenters. The fourth-order valence-electron chi connectivity index (χ4n) is 1.84. The van der Waals surface area contributed by atoms with Crippen LogP contribution >= 0.6 is 27.5 Å². The van der Waals surface area contributed by atoms with Crippen molar-refractivity contribution in [3.05, 3.63) is 33.5 Å². The van der Waals surface area contributed by atoms with E-state index in [4.69, 9.17) is 11.6 Å². The van der Waals surface area contributed by atoms with Gasteiger partial charge in [-0.05, 0) is 22.4 Å². The second kappa shape index (κ2) is 4.81. The van der Waals surface area contributed by atoms with Crippen molar-refractivity contribution in [2.45, 2.75) is 17.0 Å². The van der Waals surface area contributed by atoms with Crippen LogP contribution in [0.3, 0.4) is 0 Å². The zero-order chi connectivity index (χ0) is 13.4. The molecule has 1 aromatic heterocycles. The van der Waals surface area contributed by atoms with Crippen LogP contribution in [0.2, 0.25) is 0 Å². The Morgan fingerprint density at radius 2 is 2.28 bits per heavy atom. The maximum atomic E-state index is 11.9. The van der Waals surface area contributed by atoms with Gasteiger partial charge in [-0.1, -0.05) is 17.7 Å². The minimum absolute atomic E-state index is 0.343. The highest BCUT2D eigenvalue weighted by Gasteiger charge is 2.35. The summed E-state index contributed by atoms with van der Waals surface area (Å²) in [4.78, 5) is 27.3. The Kier molecular flexibility index (Phi) is 3.54. The van der Waals surface area contributed by atoms with Gasteiger partial charge in [0, 0.05) is 7.05 Å². The lowest BCUT2D eigenvalue weighted by Crippen LogP contribution is -2.39. The molecule has 0 spiro atoms. The Morgan fingerprint density at radius 1 is 1.61 bits per heavy atom. The molecule has 2 rings (SSSR count). The van der Waals surface area contributed by atoms with Gasteiger partial charge in [-0.15, -0.1) is 6.58 Å². The van der Waals surface area contributed by atoms with E-state index in [0.717, 1.165) is 0 Å². The van der Waals surface area contributed by atoms with Crippen LogP contribution in [0.15, 0.2) is 22.2 Å². The molecule has 0 aromatic carbocycles. The van der Waals surface area contributed by atoms with Gasteiger partial charge in [-0.2, -0.15) is 0 Å². The van der Waals surface area contributed by atoms with Gasteiger partial charge in [0.05, 0.1) is 0 Å². The molecule has 18 heavy (non-hydrogen) atoms. The Balaban J connectivity index is 2.58. The molecule has 0 radical (unpaired) electrons. The van der Waals surface area contributed by atoms with E-state index >= 15 is 0 Å². The van der Waals surface area contributed by atoms with Gasteiger partial charge < -0.3 is 10.2 Å². The zero-order valence-electron chi connectivity index (χ0n) is 9.61. The van der Waals surface area contributed by atoms with E-state index in [1.807, 2.05) is 0 Å². The Morgan fingerprint density at radius 3 is 2.89 bits per heavy atom. The molecule has 1 aliphatic heterocycles. The summed E-state index contributed by atoms with van der Waals surface area (Å²) in [5.74, 6) is 0.445. The van der Waals surface area contributed by atoms with Crippen molar-refractivity contribution < 1.29 is 0 Å². The highest BCUT2D eigenvalue weighted by atomic mass is 79.9. The number of halogens is 2. The number of alkyl halides is 2. The minimum Gasteiger partial charge on any atom is -0.340 e. The number of hydrogen-bond acceptors (Lipinski definition) is 4. The quantitative estimate of drug-likeness (QED) is 0.493. The van der Waals surface area contributed by atoms with E-state index in [0.29, 0.717) is 17.9 Å². The number of aromatic nitrogens is 2. The molecule has 0 saturated heterocycles. The van der Waals surface area contributed by atoms with Crippen molar-refractivity contribution in [1.29, 1.82) is 0 Å². The van der Waals surface area contributed by atoms with Crippen LogP contribution in [0.1, 0.15) is 6.42 Å². The Bertz CT molecular complexity index is 597. The predicted molar refractivity (Wildman–Crippen MR) is 75.6 cm³/mol. The lowest BCUT2D eigenvalue weighted by Gasteiger charge is -2.25. The van der Waals surface area contributed by atoms with Crippen LogP contribution in [-0.4, -0.2) is 20.1 Å². The molecule has 1 aromatic rings. The fraction of sp³-hybridized carbons (Fsp3) is 0.400. The third-order valence-corrected chi connectivity index (χ3v) is 3.78. The summed E-state index contributed by atoms with van der Waals surface area (Å²) in [5.41, 5.74) is -1.01. The van der Waals surface area contributed by atoms with Gasteiger partial charge in [0.25, 0.3) is 5.56 Å². The zero-order valence-corrected chi connectivity index (χ0v) is 12.0. The molecule has 0 amide bonds. The van der Waals surface area contributed by atoms with E-state index < -0.39 is 16.8 Å². The molecule has 6 nitrogen and oxygen atoms in total. The van der Waals surface area contributed by atoms with Gasteiger partial charge in [0.2, 0.25) is 0 Å². The summed E-state index contributed by atoms with van der Waals surface area (Å²) in [6, 6.07) is 0. The van der Waals surface area contributed by atoms with Crippen LogP contribution in [0, 0.1) is 0 Å². The first kappa shape index (κ1) is 13.2. The molecule has 0 bridgehead atoms. The molecule has 2 N–H and O–H groups in total. The monoisotopic (exact) mass is 334 g/mol. The second-order valence-corrected chi connectivity index (χ2v) is 5.23. The molecular formula is C10H12BrClN4O2. The van der Waals surface area contributed by atoms with E-state index in [2.05, 4.69) is 32.8 Å². The van der Waals surface area contributed by atoms with E-state index in [-0.39, 0.29) is 5.08 Å². The summed E-state index contributed by atoms with van der Waals surface area (Å²) in [5, 5.41) is 2.66. The van der Waals surface area contributed by atoms with Gasteiger partial charge in [-0.25, -0.2) is 4.79 Å². The molecular weight excluding hydrogens is 323 g/mol. The molecule has 1 aliphatic rings.